The van der Waals surface area contributed by atoms with E-state index in [2.05, 4.69) is 32.2 Å². The number of carbonyl (C=O) groups is 2. The van der Waals surface area contributed by atoms with Gasteiger partial charge in [0.2, 0.25) is 5.91 Å². The van der Waals surface area contributed by atoms with Gasteiger partial charge in [-0.3, -0.25) is 14.2 Å². The highest BCUT2D eigenvalue weighted by molar-refractivity contribution is 5.88. The number of hydrogen-bond donors (Lipinski definition) is 3. The zero-order valence-electron chi connectivity index (χ0n) is 17.0. The van der Waals surface area contributed by atoms with E-state index in [4.69, 9.17) is 15.0 Å². The van der Waals surface area contributed by atoms with Crippen LogP contribution in [0, 0.1) is 11.8 Å². The number of anilines is 1. The second kappa shape index (κ2) is 11.3. The van der Waals surface area contributed by atoms with Crippen LogP contribution in [-0.2, 0) is 19.1 Å². The molecule has 3 atom stereocenters. The van der Waals surface area contributed by atoms with Crippen molar-refractivity contribution in [3.8, 4) is 11.8 Å². The lowest BCUT2D eigenvalue weighted by molar-refractivity contribution is -0.173. The SMILES string of the molecule is CC(=O)Nc1nc(=O)n([C@H]2C[C@H](OCN=[N+]=[N-])[C@@H](CO)O2)cc1C#CCNC(=O)C(F)(F)F. The van der Waals surface area contributed by atoms with Crippen molar-refractivity contribution in [2.45, 2.75) is 38.0 Å². The number of hydrogen-bond acceptors (Lipinski definition) is 8. The van der Waals surface area contributed by atoms with Gasteiger partial charge in [-0.1, -0.05) is 17.0 Å². The molecule has 1 aliphatic heterocycles. The molecule has 2 heterocycles. The van der Waals surface area contributed by atoms with Gasteiger partial charge in [-0.25, -0.2) is 4.79 Å². The first kappa shape index (κ1) is 25.6. The van der Waals surface area contributed by atoms with E-state index in [1.807, 2.05) is 0 Å². The van der Waals surface area contributed by atoms with E-state index >= 15 is 0 Å². The second-order valence-corrected chi connectivity index (χ2v) is 6.47. The highest BCUT2D eigenvalue weighted by Crippen LogP contribution is 2.30. The normalized spacial score (nSPS) is 19.7. The summed E-state index contributed by atoms with van der Waals surface area (Å²) < 4.78 is 48.6. The first-order valence-electron chi connectivity index (χ1n) is 9.20. The van der Waals surface area contributed by atoms with Gasteiger partial charge in [0, 0.05) is 24.5 Å². The van der Waals surface area contributed by atoms with E-state index in [1.54, 1.807) is 5.32 Å². The Kier molecular flexibility index (Phi) is 8.77. The van der Waals surface area contributed by atoms with Crippen molar-refractivity contribution in [1.29, 1.82) is 0 Å². The molecule has 0 radical (unpaired) electrons. The number of carbonyl (C=O) groups excluding carboxylic acids is 2. The molecule has 0 saturated carbocycles. The Balaban J connectivity index is 2.29. The number of nitrogens with one attached hydrogen (secondary N) is 2. The van der Waals surface area contributed by atoms with Crippen LogP contribution in [0.2, 0.25) is 0 Å². The molecule has 16 heteroatoms. The van der Waals surface area contributed by atoms with Crippen molar-refractivity contribution in [1.82, 2.24) is 14.9 Å². The topological polar surface area (TPSA) is 181 Å². The van der Waals surface area contributed by atoms with Gasteiger partial charge in [-0.05, 0) is 5.53 Å². The van der Waals surface area contributed by atoms with Crippen LogP contribution < -0.4 is 16.3 Å². The molecule has 1 aromatic rings. The van der Waals surface area contributed by atoms with E-state index in [0.29, 0.717) is 0 Å². The van der Waals surface area contributed by atoms with E-state index in [1.165, 1.54) is 0 Å². The molecule has 3 N–H and O–H groups in total. The predicted molar refractivity (Wildman–Crippen MR) is 103 cm³/mol. The molecule has 2 rings (SSSR count). The number of nitrogens with zero attached hydrogens (tertiary/aromatic N) is 5. The van der Waals surface area contributed by atoms with E-state index < -0.39 is 55.3 Å². The van der Waals surface area contributed by atoms with Gasteiger partial charge < -0.3 is 25.2 Å². The number of aromatic nitrogens is 2. The predicted octanol–water partition coefficient (Wildman–Crippen LogP) is 0.164. The molecule has 0 unspecified atom stereocenters. The summed E-state index contributed by atoms with van der Waals surface area (Å²) >= 11 is 0. The number of halogens is 3. The van der Waals surface area contributed by atoms with Crippen molar-refractivity contribution in [3.05, 3.63) is 32.7 Å². The lowest BCUT2D eigenvalue weighted by Crippen LogP contribution is -2.36. The number of azide groups is 1. The van der Waals surface area contributed by atoms with Crippen molar-refractivity contribution < 1.29 is 37.3 Å². The fourth-order valence-electron chi connectivity index (χ4n) is 2.76. The number of ether oxygens (including phenoxy) is 2. The number of alkyl halides is 3. The maximum absolute atomic E-state index is 12.5. The summed E-state index contributed by atoms with van der Waals surface area (Å²) in [6.07, 6.45) is -6.40. The Bertz CT molecular complexity index is 1060. The third-order valence-corrected chi connectivity index (χ3v) is 4.14. The average molecular weight is 473 g/mol. The van der Waals surface area contributed by atoms with E-state index in [9.17, 15) is 32.7 Å². The number of aliphatic hydroxyl groups is 1. The Hall–Kier alpha value is -3.64. The molecular formula is C17H18F3N7O6. The first-order chi connectivity index (χ1) is 15.6. The molecule has 13 nitrogen and oxygen atoms in total. The van der Waals surface area contributed by atoms with Crippen LogP contribution in [0.3, 0.4) is 0 Å². The van der Waals surface area contributed by atoms with Crippen LogP contribution in [0.4, 0.5) is 19.0 Å². The quantitative estimate of drug-likeness (QED) is 0.218. The monoisotopic (exact) mass is 473 g/mol. The maximum Gasteiger partial charge on any atom is 0.471 e. The Morgan fingerprint density at radius 3 is 2.85 bits per heavy atom. The van der Waals surface area contributed by atoms with Gasteiger partial charge in [0.1, 0.15) is 19.1 Å². The summed E-state index contributed by atoms with van der Waals surface area (Å²) in [7, 11) is 0. The molecule has 178 valence electrons. The smallest absolute Gasteiger partial charge is 0.394 e. The number of rotatable bonds is 7. The van der Waals surface area contributed by atoms with Gasteiger partial charge in [-0.15, -0.1) is 0 Å². The molecular weight excluding hydrogens is 455 g/mol. The Morgan fingerprint density at radius 2 is 2.24 bits per heavy atom. The zero-order chi connectivity index (χ0) is 24.6. The van der Waals surface area contributed by atoms with Gasteiger partial charge in [0.05, 0.1) is 24.8 Å². The minimum Gasteiger partial charge on any atom is -0.394 e. The third-order valence-electron chi connectivity index (χ3n) is 4.14. The Morgan fingerprint density at radius 1 is 1.52 bits per heavy atom. The van der Waals surface area contributed by atoms with Crippen LogP contribution in [0.5, 0.6) is 0 Å². The van der Waals surface area contributed by atoms with Crippen molar-refractivity contribution in [2.75, 3.05) is 25.2 Å². The summed E-state index contributed by atoms with van der Waals surface area (Å²) in [5, 5.41) is 16.5. The van der Waals surface area contributed by atoms with Gasteiger partial charge in [0.15, 0.2) is 5.82 Å². The van der Waals surface area contributed by atoms with Crippen molar-refractivity contribution in [3.63, 3.8) is 0 Å². The lowest BCUT2D eigenvalue weighted by atomic mass is 10.2. The lowest BCUT2D eigenvalue weighted by Gasteiger charge is -2.16. The first-order valence-corrected chi connectivity index (χ1v) is 9.20. The molecule has 0 aliphatic carbocycles. The van der Waals surface area contributed by atoms with E-state index in [-0.39, 0.29) is 24.5 Å². The van der Waals surface area contributed by atoms with Crippen LogP contribution in [0.15, 0.2) is 16.1 Å². The molecule has 0 spiro atoms. The summed E-state index contributed by atoms with van der Waals surface area (Å²) in [6.45, 7) is -0.317. The summed E-state index contributed by atoms with van der Waals surface area (Å²) in [5.74, 6) is 1.70. The number of amides is 2. The summed E-state index contributed by atoms with van der Waals surface area (Å²) in [6, 6.07) is 0. The minimum absolute atomic E-state index is 0.0475. The van der Waals surface area contributed by atoms with Crippen LogP contribution in [0.1, 0.15) is 25.1 Å². The standard InChI is InChI=1S/C17H18F3N7O6/c1-9(29)24-14-10(3-2-4-22-15(30)17(18,19)20)6-27(16(31)25-14)13-5-11(12(7-28)33-13)32-8-23-26-21/h6,11-13,28H,4-5,7-8H2,1H3,(H,22,30)(H,24,25,29,31)/t11-,12+,13+/m0/s1. The zero-order valence-corrected chi connectivity index (χ0v) is 17.0. The van der Waals surface area contributed by atoms with Crippen molar-refractivity contribution in [2.24, 2.45) is 5.11 Å². The minimum atomic E-state index is -5.07. The molecule has 33 heavy (non-hydrogen) atoms. The average Bonchev–Trinajstić information content (AvgIpc) is 3.14. The van der Waals surface area contributed by atoms with E-state index in [0.717, 1.165) is 17.7 Å². The van der Waals surface area contributed by atoms with Gasteiger partial charge in [0.25, 0.3) is 0 Å². The van der Waals surface area contributed by atoms with Crippen LogP contribution in [0.25, 0.3) is 10.4 Å². The Labute approximate surface area is 183 Å². The molecule has 1 saturated heterocycles. The fraction of sp³-hybridized carbons (Fsp3) is 0.529. The van der Waals surface area contributed by atoms with Crippen molar-refractivity contribution >= 4 is 17.6 Å². The highest BCUT2D eigenvalue weighted by Gasteiger charge is 2.38. The fourth-order valence-corrected chi connectivity index (χ4v) is 2.76. The largest absolute Gasteiger partial charge is 0.471 e. The van der Waals surface area contributed by atoms with Crippen LogP contribution >= 0.6 is 0 Å². The molecule has 0 aromatic carbocycles. The summed E-state index contributed by atoms with van der Waals surface area (Å²) in [4.78, 5) is 41.0. The summed E-state index contributed by atoms with van der Waals surface area (Å²) in [5.41, 5.74) is 7.43. The molecule has 1 fully saturated rings. The second-order valence-electron chi connectivity index (χ2n) is 6.47. The third kappa shape index (κ3) is 7.19. The highest BCUT2D eigenvalue weighted by atomic mass is 19.4. The molecule has 1 aromatic heterocycles. The molecule has 2 amide bonds. The van der Waals surface area contributed by atoms with Gasteiger partial charge >= 0.3 is 17.8 Å². The van der Waals surface area contributed by atoms with Crippen LogP contribution in [-0.4, -0.2) is 64.7 Å². The molecule has 1 aliphatic rings. The maximum atomic E-state index is 12.5. The number of aliphatic hydroxyl groups excluding tert-OH is 1. The van der Waals surface area contributed by atoms with Gasteiger partial charge in [-0.2, -0.15) is 18.2 Å². The molecule has 0 bridgehead atoms.